The Hall–Kier alpha value is -1.78. The molecular weight excluding hydrogens is 480 g/mol. The zero-order valence-electron chi connectivity index (χ0n) is 15.7. The van der Waals surface area contributed by atoms with Crippen molar-refractivity contribution in [3.63, 3.8) is 0 Å². The molecule has 0 radical (unpaired) electrons. The van der Waals surface area contributed by atoms with Crippen LogP contribution in [-0.4, -0.2) is 5.33 Å². The van der Waals surface area contributed by atoms with Crippen molar-refractivity contribution in [3.8, 4) is 11.5 Å². The zero-order valence-corrected chi connectivity index (χ0v) is 18.9. The fraction of sp³-hybridized carbons (Fsp3) is 0.250. The first-order valence-electron chi connectivity index (χ1n) is 9.43. The normalized spacial score (nSPS) is 11.8. The highest BCUT2D eigenvalue weighted by atomic mass is 79.9. The molecule has 0 amide bonds. The summed E-state index contributed by atoms with van der Waals surface area (Å²) in [5, 5.41) is 1.00. The first-order chi connectivity index (χ1) is 13.8. The van der Waals surface area contributed by atoms with Gasteiger partial charge in [0.05, 0.1) is 0 Å². The van der Waals surface area contributed by atoms with E-state index >= 15 is 0 Å². The molecule has 28 heavy (non-hydrogen) atoms. The highest BCUT2D eigenvalue weighted by Gasteiger charge is 2.13. The maximum Gasteiger partial charge on any atom is 0.162 e. The Balaban J connectivity index is 1.76. The Labute approximate surface area is 184 Å². The molecule has 0 saturated carbocycles. The third kappa shape index (κ3) is 6.39. The van der Waals surface area contributed by atoms with E-state index in [-0.39, 0.29) is 0 Å². The van der Waals surface area contributed by atoms with E-state index in [9.17, 15) is 0 Å². The summed E-state index contributed by atoms with van der Waals surface area (Å²) in [5.41, 5.74) is 3.48. The van der Waals surface area contributed by atoms with Gasteiger partial charge in [0.25, 0.3) is 0 Å². The van der Waals surface area contributed by atoms with Gasteiger partial charge in [0.15, 0.2) is 11.5 Å². The predicted octanol–water partition coefficient (Wildman–Crippen LogP) is 7.46. The summed E-state index contributed by atoms with van der Waals surface area (Å²) in [7, 11) is 0. The van der Waals surface area contributed by atoms with Crippen molar-refractivity contribution >= 4 is 31.9 Å². The van der Waals surface area contributed by atoms with Gasteiger partial charge in [-0.25, -0.2) is 0 Å². The van der Waals surface area contributed by atoms with Gasteiger partial charge < -0.3 is 9.47 Å². The molecule has 0 fully saturated rings. The van der Waals surface area contributed by atoms with Crippen molar-refractivity contribution in [2.75, 3.05) is 5.33 Å². The van der Waals surface area contributed by atoms with Gasteiger partial charge >= 0.3 is 0 Å². The fourth-order valence-electron chi connectivity index (χ4n) is 2.85. The number of ether oxygens (including phenoxy) is 2. The van der Waals surface area contributed by atoms with Crippen LogP contribution in [-0.2, 0) is 13.2 Å². The lowest BCUT2D eigenvalue weighted by Crippen LogP contribution is -2.02. The largest absolute Gasteiger partial charge is 0.485 e. The van der Waals surface area contributed by atoms with Crippen molar-refractivity contribution in [3.05, 3.63) is 95.6 Å². The summed E-state index contributed by atoms with van der Waals surface area (Å²) in [6.45, 7) is 1.03. The van der Waals surface area contributed by atoms with Crippen LogP contribution in [0.1, 0.15) is 34.4 Å². The molecule has 3 aromatic rings. The minimum atomic E-state index is 0.298. The van der Waals surface area contributed by atoms with Crippen molar-refractivity contribution in [1.29, 1.82) is 0 Å². The number of halogens is 2. The molecule has 0 spiro atoms. The number of hydrogen-bond acceptors (Lipinski definition) is 2. The molecule has 0 N–H and O–H groups in total. The van der Waals surface area contributed by atoms with Gasteiger partial charge in [0, 0.05) is 10.2 Å². The van der Waals surface area contributed by atoms with Gasteiger partial charge in [-0.05, 0) is 41.7 Å². The van der Waals surface area contributed by atoms with E-state index in [1.165, 1.54) is 5.56 Å². The van der Waals surface area contributed by atoms with E-state index in [0.29, 0.717) is 18.0 Å². The molecule has 0 aliphatic rings. The van der Waals surface area contributed by atoms with E-state index in [4.69, 9.17) is 9.47 Å². The minimum Gasteiger partial charge on any atom is -0.485 e. The average Bonchev–Trinajstić information content (AvgIpc) is 2.76. The van der Waals surface area contributed by atoms with E-state index in [2.05, 4.69) is 68.3 Å². The van der Waals surface area contributed by atoms with Crippen LogP contribution >= 0.6 is 31.9 Å². The lowest BCUT2D eigenvalue weighted by molar-refractivity contribution is 0.255. The molecule has 3 rings (SSSR count). The predicted molar refractivity (Wildman–Crippen MR) is 123 cm³/mol. The third-order valence-electron chi connectivity index (χ3n) is 4.39. The summed E-state index contributed by atoms with van der Waals surface area (Å²) >= 11 is 7.30. The molecule has 0 heterocycles. The summed E-state index contributed by atoms with van der Waals surface area (Å²) < 4.78 is 12.2. The van der Waals surface area contributed by atoms with Gasteiger partial charge in [-0.2, -0.15) is 0 Å². The molecule has 0 aliphatic carbocycles. The molecule has 1 unspecified atom stereocenters. The van der Waals surface area contributed by atoms with Crippen molar-refractivity contribution in [1.82, 2.24) is 0 Å². The maximum atomic E-state index is 6.15. The molecule has 0 aromatic heterocycles. The van der Waals surface area contributed by atoms with Crippen molar-refractivity contribution < 1.29 is 9.47 Å². The number of alkyl halides is 2. The van der Waals surface area contributed by atoms with Gasteiger partial charge in [0.1, 0.15) is 13.2 Å². The molecule has 2 nitrogen and oxygen atoms in total. The topological polar surface area (TPSA) is 18.5 Å². The molecular formula is C24H24Br2O2. The smallest absolute Gasteiger partial charge is 0.162 e. The van der Waals surface area contributed by atoms with E-state index in [1.807, 2.05) is 42.5 Å². The Kier molecular flexibility index (Phi) is 8.43. The minimum absolute atomic E-state index is 0.298. The molecule has 0 saturated heterocycles. The van der Waals surface area contributed by atoms with Crippen LogP contribution in [0.3, 0.4) is 0 Å². The van der Waals surface area contributed by atoms with Crippen molar-refractivity contribution in [2.45, 2.75) is 30.9 Å². The highest BCUT2D eigenvalue weighted by molar-refractivity contribution is 9.09. The molecule has 4 heteroatoms. The van der Waals surface area contributed by atoms with Crippen molar-refractivity contribution in [2.24, 2.45) is 0 Å². The van der Waals surface area contributed by atoms with Gasteiger partial charge in [-0.3, -0.25) is 0 Å². The van der Waals surface area contributed by atoms with E-state index < -0.39 is 0 Å². The van der Waals surface area contributed by atoms with E-state index in [1.54, 1.807) is 0 Å². The van der Waals surface area contributed by atoms with Gasteiger partial charge in [-0.1, -0.05) is 98.6 Å². The highest BCUT2D eigenvalue weighted by Crippen LogP contribution is 2.36. The summed E-state index contributed by atoms with van der Waals surface area (Å²) in [6, 6.07) is 26.6. The Bertz CT molecular complexity index is 838. The number of rotatable bonds is 10. The van der Waals surface area contributed by atoms with Gasteiger partial charge in [0.2, 0.25) is 0 Å². The third-order valence-corrected chi connectivity index (χ3v) is 5.94. The van der Waals surface area contributed by atoms with Crippen LogP contribution in [0.5, 0.6) is 11.5 Å². The number of hydrogen-bond donors (Lipinski definition) is 0. The zero-order chi connectivity index (χ0) is 19.6. The fourth-order valence-corrected chi connectivity index (χ4v) is 3.78. The van der Waals surface area contributed by atoms with Crippen LogP contribution < -0.4 is 9.47 Å². The van der Waals surface area contributed by atoms with Crippen LogP contribution in [0.2, 0.25) is 0 Å². The molecule has 0 aliphatic heterocycles. The average molecular weight is 504 g/mol. The van der Waals surface area contributed by atoms with E-state index in [0.717, 1.165) is 40.8 Å². The quantitative estimate of drug-likeness (QED) is 0.267. The Morgan fingerprint density at radius 3 is 1.86 bits per heavy atom. The monoisotopic (exact) mass is 502 g/mol. The van der Waals surface area contributed by atoms with Crippen LogP contribution in [0.15, 0.2) is 78.9 Å². The summed E-state index contributed by atoms with van der Waals surface area (Å²) in [5.74, 6) is 1.55. The second kappa shape index (κ2) is 11.3. The van der Waals surface area contributed by atoms with Crippen LogP contribution in [0.4, 0.5) is 0 Å². The Morgan fingerprint density at radius 2 is 1.29 bits per heavy atom. The summed E-state index contributed by atoms with van der Waals surface area (Å²) in [6.07, 6.45) is 2.18. The molecule has 1 atom stereocenters. The standard InChI is InChI=1S/C24H24Br2O2/c25-15-7-12-22(26)21-13-14-23(27-17-19-8-3-1-4-9-19)24(16-21)28-18-20-10-5-2-6-11-20/h1-6,8-11,13-14,16,22H,7,12,15,17-18H2. The SMILES string of the molecule is BrCCCC(Br)c1ccc(OCc2ccccc2)c(OCc2ccccc2)c1. The second-order valence-electron chi connectivity index (χ2n) is 6.55. The first-order valence-corrected chi connectivity index (χ1v) is 11.5. The molecule has 146 valence electrons. The Morgan fingerprint density at radius 1 is 0.714 bits per heavy atom. The maximum absolute atomic E-state index is 6.15. The van der Waals surface area contributed by atoms with Gasteiger partial charge in [-0.15, -0.1) is 0 Å². The number of benzene rings is 3. The lowest BCUT2D eigenvalue weighted by Gasteiger charge is -2.16. The van der Waals surface area contributed by atoms with Crippen LogP contribution in [0.25, 0.3) is 0 Å². The molecule has 0 bridgehead atoms. The molecule has 3 aromatic carbocycles. The summed E-state index contributed by atoms with van der Waals surface area (Å²) in [4.78, 5) is 0.298. The second-order valence-corrected chi connectivity index (χ2v) is 8.45. The van der Waals surface area contributed by atoms with Crippen LogP contribution in [0, 0.1) is 0 Å². The lowest BCUT2D eigenvalue weighted by atomic mass is 10.1. The first kappa shape index (κ1) is 20.9.